The Morgan fingerprint density at radius 1 is 0.867 bits per heavy atom. The van der Waals surface area contributed by atoms with Gasteiger partial charge in [0.05, 0.1) is 19.3 Å². The molecule has 0 aliphatic rings. The Morgan fingerprint density at radius 3 is 1.90 bits per heavy atom. The van der Waals surface area contributed by atoms with Gasteiger partial charge in [-0.2, -0.15) is 0 Å². The lowest BCUT2D eigenvalue weighted by molar-refractivity contribution is -0.122. The second kappa shape index (κ2) is 10.7. The van der Waals surface area contributed by atoms with Crippen molar-refractivity contribution in [1.29, 1.82) is 0 Å². The molecule has 3 aromatic rings. The van der Waals surface area contributed by atoms with Gasteiger partial charge >= 0.3 is 0 Å². The molecule has 0 aromatic heterocycles. The van der Waals surface area contributed by atoms with Gasteiger partial charge in [0, 0.05) is 12.3 Å². The number of amides is 1. The molecular formula is C27H31NO2. The third-order valence-corrected chi connectivity index (χ3v) is 5.23. The van der Waals surface area contributed by atoms with E-state index in [-0.39, 0.29) is 17.9 Å². The number of hydrogen-bond donors (Lipinski definition) is 1. The molecule has 0 aliphatic carbocycles. The zero-order valence-corrected chi connectivity index (χ0v) is 18.1. The van der Waals surface area contributed by atoms with Crippen molar-refractivity contribution in [2.75, 3.05) is 6.61 Å². The molecule has 0 saturated carbocycles. The first-order valence-electron chi connectivity index (χ1n) is 10.6. The topological polar surface area (TPSA) is 38.3 Å². The fraction of sp³-hybridized carbons (Fsp3) is 0.296. The molecule has 3 aromatic carbocycles. The Hall–Kier alpha value is -2.91. The lowest BCUT2D eigenvalue weighted by atomic mass is 9.85. The van der Waals surface area contributed by atoms with Crippen molar-refractivity contribution in [3.63, 3.8) is 0 Å². The third-order valence-electron chi connectivity index (χ3n) is 5.23. The Morgan fingerprint density at radius 2 is 1.40 bits per heavy atom. The van der Waals surface area contributed by atoms with E-state index in [1.54, 1.807) is 0 Å². The van der Waals surface area contributed by atoms with Gasteiger partial charge in [-0.25, -0.2) is 0 Å². The van der Waals surface area contributed by atoms with Crippen LogP contribution < -0.4 is 5.32 Å². The summed E-state index contributed by atoms with van der Waals surface area (Å²) in [4.78, 5) is 12.3. The summed E-state index contributed by atoms with van der Waals surface area (Å²) >= 11 is 0. The Bertz CT molecular complexity index is 878. The number of carbonyl (C=O) groups is 1. The van der Waals surface area contributed by atoms with Gasteiger partial charge in [0.2, 0.25) is 5.91 Å². The predicted molar refractivity (Wildman–Crippen MR) is 123 cm³/mol. The fourth-order valence-electron chi connectivity index (χ4n) is 3.96. The quantitative estimate of drug-likeness (QED) is 0.511. The van der Waals surface area contributed by atoms with Crippen LogP contribution in [0.3, 0.4) is 0 Å². The minimum atomic E-state index is -0.159. The molecule has 156 valence electrons. The van der Waals surface area contributed by atoms with Crippen LogP contribution in [-0.4, -0.2) is 18.6 Å². The number of nitrogens with one attached hydrogen (secondary N) is 1. The molecule has 3 rings (SSSR count). The molecule has 3 nitrogen and oxygen atoms in total. The minimum Gasteiger partial charge on any atom is -0.375 e. The third kappa shape index (κ3) is 6.04. The maximum Gasteiger partial charge on any atom is 0.220 e. The zero-order valence-electron chi connectivity index (χ0n) is 18.1. The maximum atomic E-state index is 12.3. The number of rotatable bonds is 9. The van der Waals surface area contributed by atoms with Crippen LogP contribution in [0.15, 0.2) is 78.9 Å². The smallest absolute Gasteiger partial charge is 0.220 e. The van der Waals surface area contributed by atoms with Crippen LogP contribution >= 0.6 is 0 Å². The number of carbonyl (C=O) groups excluding carboxylic acids is 1. The van der Waals surface area contributed by atoms with Crippen LogP contribution in [-0.2, 0) is 16.1 Å². The van der Waals surface area contributed by atoms with E-state index < -0.39 is 0 Å². The van der Waals surface area contributed by atoms with Crippen LogP contribution in [0.4, 0.5) is 0 Å². The molecule has 0 radical (unpaired) electrons. The van der Waals surface area contributed by atoms with E-state index in [0.29, 0.717) is 19.6 Å². The van der Waals surface area contributed by atoms with Crippen LogP contribution in [0.1, 0.15) is 47.1 Å². The highest BCUT2D eigenvalue weighted by atomic mass is 16.5. The number of benzene rings is 3. The maximum absolute atomic E-state index is 12.3. The molecule has 1 unspecified atom stereocenters. The summed E-state index contributed by atoms with van der Waals surface area (Å²) in [5.41, 5.74) is 5.95. The number of ether oxygens (including phenoxy) is 1. The standard InChI is InChI=1S/C27H31NO2/c1-4-26(29)28-25(19-30-18-22-16-20(2)15-21(3)17-22)27(23-11-7-5-8-12-23)24-13-9-6-10-14-24/h5-17,25,27H,4,18-19H2,1-3H3,(H,28,29). The Labute approximate surface area is 180 Å². The lowest BCUT2D eigenvalue weighted by Gasteiger charge is -2.29. The van der Waals surface area contributed by atoms with Gasteiger partial charge < -0.3 is 10.1 Å². The van der Waals surface area contributed by atoms with Gasteiger partial charge in [0.15, 0.2) is 0 Å². The summed E-state index contributed by atoms with van der Waals surface area (Å²) in [6, 6.07) is 27.0. The average molecular weight is 402 g/mol. The van der Waals surface area contributed by atoms with E-state index >= 15 is 0 Å². The summed E-state index contributed by atoms with van der Waals surface area (Å²) in [5, 5.41) is 3.21. The second-order valence-corrected chi connectivity index (χ2v) is 7.84. The predicted octanol–water partition coefficient (Wildman–Crippen LogP) is 5.55. The average Bonchev–Trinajstić information content (AvgIpc) is 2.74. The first-order valence-corrected chi connectivity index (χ1v) is 10.6. The molecule has 1 atom stereocenters. The molecule has 30 heavy (non-hydrogen) atoms. The summed E-state index contributed by atoms with van der Waals surface area (Å²) in [6.45, 7) is 7.04. The molecular weight excluding hydrogens is 370 g/mol. The van der Waals surface area contributed by atoms with Gasteiger partial charge in [0.25, 0.3) is 0 Å². The SMILES string of the molecule is CCC(=O)NC(COCc1cc(C)cc(C)c1)C(c1ccccc1)c1ccccc1. The van der Waals surface area contributed by atoms with Crippen molar-refractivity contribution < 1.29 is 9.53 Å². The molecule has 0 aliphatic heterocycles. The number of hydrogen-bond acceptors (Lipinski definition) is 2. The first kappa shape index (κ1) is 21.8. The van der Waals surface area contributed by atoms with Gasteiger partial charge in [-0.05, 0) is 30.5 Å². The molecule has 0 spiro atoms. The zero-order chi connectivity index (χ0) is 21.3. The summed E-state index contributed by atoms with van der Waals surface area (Å²) < 4.78 is 6.15. The van der Waals surface area contributed by atoms with Gasteiger partial charge in [-0.1, -0.05) is 96.9 Å². The van der Waals surface area contributed by atoms with Gasteiger partial charge in [-0.3, -0.25) is 4.79 Å². The van der Waals surface area contributed by atoms with Crippen molar-refractivity contribution >= 4 is 5.91 Å². The highest BCUT2D eigenvalue weighted by Gasteiger charge is 2.26. The molecule has 0 fully saturated rings. The van der Waals surface area contributed by atoms with Crippen molar-refractivity contribution in [2.24, 2.45) is 0 Å². The lowest BCUT2D eigenvalue weighted by Crippen LogP contribution is -2.42. The highest BCUT2D eigenvalue weighted by molar-refractivity contribution is 5.76. The second-order valence-electron chi connectivity index (χ2n) is 7.84. The first-order chi connectivity index (χ1) is 14.6. The van der Waals surface area contributed by atoms with Gasteiger partial charge in [-0.15, -0.1) is 0 Å². The number of aryl methyl sites for hydroxylation is 2. The molecule has 1 amide bonds. The van der Waals surface area contributed by atoms with Crippen LogP contribution in [0, 0.1) is 13.8 Å². The summed E-state index contributed by atoms with van der Waals surface area (Å²) in [5.74, 6) is 0.0500. The van der Waals surface area contributed by atoms with E-state index in [2.05, 4.69) is 61.6 Å². The molecule has 0 heterocycles. The highest BCUT2D eigenvalue weighted by Crippen LogP contribution is 2.28. The molecule has 0 bridgehead atoms. The molecule has 0 saturated heterocycles. The normalized spacial score (nSPS) is 12.0. The monoisotopic (exact) mass is 401 g/mol. The van der Waals surface area contributed by atoms with Crippen molar-refractivity contribution in [1.82, 2.24) is 5.32 Å². The van der Waals surface area contributed by atoms with E-state index in [9.17, 15) is 4.79 Å². The van der Waals surface area contributed by atoms with E-state index in [1.165, 1.54) is 22.3 Å². The Balaban J connectivity index is 1.84. The van der Waals surface area contributed by atoms with E-state index in [1.807, 2.05) is 43.3 Å². The Kier molecular flexibility index (Phi) is 7.81. The molecule has 1 N–H and O–H groups in total. The van der Waals surface area contributed by atoms with Gasteiger partial charge in [0.1, 0.15) is 0 Å². The van der Waals surface area contributed by atoms with Crippen molar-refractivity contribution in [2.45, 2.75) is 45.8 Å². The van der Waals surface area contributed by atoms with Crippen LogP contribution in [0.5, 0.6) is 0 Å². The van der Waals surface area contributed by atoms with E-state index in [4.69, 9.17) is 4.74 Å². The molecule has 3 heteroatoms. The van der Waals surface area contributed by atoms with E-state index in [0.717, 1.165) is 5.56 Å². The van der Waals surface area contributed by atoms with Crippen molar-refractivity contribution in [3.8, 4) is 0 Å². The largest absolute Gasteiger partial charge is 0.375 e. The fourth-order valence-corrected chi connectivity index (χ4v) is 3.96. The minimum absolute atomic E-state index is 0.0159. The summed E-state index contributed by atoms with van der Waals surface area (Å²) in [7, 11) is 0. The van der Waals surface area contributed by atoms with Crippen LogP contribution in [0.25, 0.3) is 0 Å². The van der Waals surface area contributed by atoms with Crippen molar-refractivity contribution in [3.05, 3.63) is 107 Å². The van der Waals surface area contributed by atoms with Crippen LogP contribution in [0.2, 0.25) is 0 Å². The summed E-state index contributed by atoms with van der Waals surface area (Å²) in [6.07, 6.45) is 0.448.